The first-order valence-corrected chi connectivity index (χ1v) is 12.4. The lowest BCUT2D eigenvalue weighted by Crippen LogP contribution is -2.27. The Balaban J connectivity index is 1.57. The molecule has 1 amide bonds. The highest BCUT2D eigenvalue weighted by Gasteiger charge is 2.33. The summed E-state index contributed by atoms with van der Waals surface area (Å²) in [4.78, 5) is 26.4. The van der Waals surface area contributed by atoms with E-state index in [1.54, 1.807) is 55.7 Å². The molecule has 2 heterocycles. The van der Waals surface area contributed by atoms with Crippen molar-refractivity contribution in [2.45, 2.75) is 6.18 Å². The van der Waals surface area contributed by atoms with Crippen LogP contribution in [0.3, 0.4) is 0 Å². The number of benzene rings is 2. The van der Waals surface area contributed by atoms with Crippen LogP contribution in [0.5, 0.6) is 11.6 Å². The summed E-state index contributed by atoms with van der Waals surface area (Å²) >= 11 is 6.42. The number of pyridine rings is 2. The molecule has 0 aliphatic rings. The lowest BCUT2D eigenvalue weighted by atomic mass is 9.99. The summed E-state index contributed by atoms with van der Waals surface area (Å²) in [6.07, 6.45) is -0.636. The molecule has 0 aliphatic heterocycles. The van der Waals surface area contributed by atoms with Crippen molar-refractivity contribution < 1.29 is 27.4 Å². The smallest absolute Gasteiger partial charge is 0.433 e. The van der Waals surface area contributed by atoms with E-state index in [2.05, 4.69) is 15.0 Å². The average molecular weight is 569 g/mol. The van der Waals surface area contributed by atoms with Crippen molar-refractivity contribution in [2.24, 2.45) is 4.99 Å². The van der Waals surface area contributed by atoms with E-state index in [4.69, 9.17) is 21.1 Å². The molecular formula is C29H24ClF3N4O3. The van der Waals surface area contributed by atoms with Crippen LogP contribution in [0.15, 0.2) is 84.1 Å². The second-order valence-corrected chi connectivity index (χ2v) is 8.84. The third-order valence-corrected chi connectivity index (χ3v) is 6.09. The van der Waals surface area contributed by atoms with Crippen LogP contribution in [-0.2, 0) is 6.18 Å². The monoisotopic (exact) mass is 568 g/mol. The summed E-state index contributed by atoms with van der Waals surface area (Å²) in [6.45, 7) is 0.456. The van der Waals surface area contributed by atoms with Crippen LogP contribution in [-0.4, -0.2) is 49.4 Å². The molecule has 40 heavy (non-hydrogen) atoms. The van der Waals surface area contributed by atoms with Crippen LogP contribution < -0.4 is 14.4 Å². The van der Waals surface area contributed by atoms with Crippen LogP contribution in [0.1, 0.15) is 21.6 Å². The predicted molar refractivity (Wildman–Crippen MR) is 148 cm³/mol. The molecule has 0 aliphatic carbocycles. The van der Waals surface area contributed by atoms with Crippen molar-refractivity contribution in [3.8, 4) is 22.8 Å². The molecule has 0 bridgehead atoms. The molecule has 11 heteroatoms. The maximum atomic E-state index is 13.5. The number of halogens is 4. The molecule has 2 aromatic carbocycles. The highest BCUT2D eigenvalue weighted by Crippen LogP contribution is 2.35. The third-order valence-electron chi connectivity index (χ3n) is 5.76. The van der Waals surface area contributed by atoms with E-state index >= 15 is 0 Å². The standard InChI is InChI=1S/C29H24ClF3N4O3/c1-34-17-20-16-26(29(31,32)33)36-18-22(20)21-15-19(10-11-23(21)30)28(38)37(2)24-7-3-4-8-25(24)39-13-14-40-27-9-5-6-12-35-27/h3-12,15-18H,13-14H2,1-2H3/b34-17+. The molecule has 0 spiro atoms. The Hall–Kier alpha value is -4.44. The molecule has 0 radical (unpaired) electrons. The van der Waals surface area contributed by atoms with Gasteiger partial charge in [0.1, 0.15) is 24.7 Å². The SMILES string of the molecule is C/N=C/c1cc(C(F)(F)F)ncc1-c1cc(C(=O)N(C)c2ccccc2OCCOc2ccccn2)ccc1Cl. The minimum atomic E-state index is -4.63. The summed E-state index contributed by atoms with van der Waals surface area (Å²) in [5.41, 5.74) is 0.518. The zero-order chi connectivity index (χ0) is 28.7. The van der Waals surface area contributed by atoms with Crippen LogP contribution in [0, 0.1) is 0 Å². The molecule has 0 saturated heterocycles. The summed E-state index contributed by atoms with van der Waals surface area (Å²) in [7, 11) is 3.04. The summed E-state index contributed by atoms with van der Waals surface area (Å²) in [5.74, 6) is 0.552. The van der Waals surface area contributed by atoms with Gasteiger partial charge < -0.3 is 14.4 Å². The van der Waals surface area contributed by atoms with Crippen LogP contribution in [0.25, 0.3) is 11.1 Å². The Labute approximate surface area is 233 Å². The topological polar surface area (TPSA) is 76.9 Å². The number of carbonyl (C=O) groups is 1. The fraction of sp³-hybridized carbons (Fsp3) is 0.172. The zero-order valence-corrected chi connectivity index (χ0v) is 22.3. The number of para-hydroxylation sites is 2. The quantitative estimate of drug-likeness (QED) is 0.168. The lowest BCUT2D eigenvalue weighted by Gasteiger charge is -2.21. The predicted octanol–water partition coefficient (Wildman–Crippen LogP) is 6.60. The number of rotatable bonds is 9. The molecule has 7 nitrogen and oxygen atoms in total. The number of ether oxygens (including phenoxy) is 2. The molecular weight excluding hydrogens is 545 g/mol. The minimum absolute atomic E-state index is 0.163. The maximum Gasteiger partial charge on any atom is 0.433 e. The number of hydrogen-bond acceptors (Lipinski definition) is 6. The number of carbonyl (C=O) groups excluding carboxylic acids is 1. The lowest BCUT2D eigenvalue weighted by molar-refractivity contribution is -0.141. The van der Waals surface area contributed by atoms with Gasteiger partial charge in [-0.3, -0.25) is 14.8 Å². The van der Waals surface area contributed by atoms with Gasteiger partial charge in [0.15, 0.2) is 0 Å². The Kier molecular flexibility index (Phi) is 9.00. The average Bonchev–Trinajstić information content (AvgIpc) is 2.95. The van der Waals surface area contributed by atoms with Crippen molar-refractivity contribution in [2.75, 3.05) is 32.2 Å². The Morgan fingerprint density at radius 3 is 2.48 bits per heavy atom. The van der Waals surface area contributed by atoms with E-state index in [1.807, 2.05) is 6.07 Å². The molecule has 206 valence electrons. The fourth-order valence-corrected chi connectivity index (χ4v) is 4.07. The van der Waals surface area contributed by atoms with Gasteiger partial charge in [-0.25, -0.2) is 4.98 Å². The van der Waals surface area contributed by atoms with Crippen molar-refractivity contribution >= 4 is 29.4 Å². The van der Waals surface area contributed by atoms with Gasteiger partial charge in [-0.15, -0.1) is 0 Å². The van der Waals surface area contributed by atoms with Gasteiger partial charge in [0.2, 0.25) is 5.88 Å². The third kappa shape index (κ3) is 6.76. The van der Waals surface area contributed by atoms with E-state index in [0.29, 0.717) is 28.4 Å². The highest BCUT2D eigenvalue weighted by atomic mass is 35.5. The number of nitrogens with zero attached hydrogens (tertiary/aromatic N) is 4. The van der Waals surface area contributed by atoms with E-state index < -0.39 is 11.9 Å². The largest absolute Gasteiger partial charge is 0.488 e. The Morgan fingerprint density at radius 2 is 1.75 bits per heavy atom. The Morgan fingerprint density at radius 1 is 1.00 bits per heavy atom. The van der Waals surface area contributed by atoms with Gasteiger partial charge in [0, 0.05) is 66.0 Å². The number of amides is 1. The Bertz CT molecular complexity index is 1510. The number of hydrogen-bond donors (Lipinski definition) is 0. The first-order chi connectivity index (χ1) is 19.2. The number of aromatic nitrogens is 2. The van der Waals surface area contributed by atoms with E-state index in [-0.39, 0.29) is 35.3 Å². The zero-order valence-electron chi connectivity index (χ0n) is 21.5. The van der Waals surface area contributed by atoms with Gasteiger partial charge >= 0.3 is 6.18 Å². The van der Waals surface area contributed by atoms with Gasteiger partial charge in [0.05, 0.1) is 5.69 Å². The number of aliphatic imine (C=N–C) groups is 1. The van der Waals surface area contributed by atoms with Crippen molar-refractivity contribution in [3.05, 3.63) is 101 Å². The highest BCUT2D eigenvalue weighted by molar-refractivity contribution is 6.33. The number of alkyl halides is 3. The summed E-state index contributed by atoms with van der Waals surface area (Å²) in [5, 5.41) is 0.239. The van der Waals surface area contributed by atoms with Crippen LogP contribution >= 0.6 is 11.6 Å². The molecule has 4 rings (SSSR count). The first-order valence-electron chi connectivity index (χ1n) is 12.0. The van der Waals surface area contributed by atoms with Crippen molar-refractivity contribution in [1.29, 1.82) is 0 Å². The summed E-state index contributed by atoms with van der Waals surface area (Å²) < 4.78 is 51.2. The second kappa shape index (κ2) is 12.6. The van der Waals surface area contributed by atoms with Crippen LogP contribution in [0.2, 0.25) is 5.02 Å². The fourth-order valence-electron chi connectivity index (χ4n) is 3.85. The molecule has 0 atom stereocenters. The van der Waals surface area contributed by atoms with Gasteiger partial charge in [0.25, 0.3) is 5.91 Å². The first kappa shape index (κ1) is 28.6. The van der Waals surface area contributed by atoms with E-state index in [1.165, 1.54) is 30.3 Å². The molecule has 0 unspecified atom stereocenters. The summed E-state index contributed by atoms with van der Waals surface area (Å²) in [6, 6.07) is 17.8. The van der Waals surface area contributed by atoms with Gasteiger partial charge in [-0.2, -0.15) is 13.2 Å². The normalized spacial score (nSPS) is 11.4. The van der Waals surface area contributed by atoms with E-state index in [0.717, 1.165) is 12.3 Å². The molecule has 2 aromatic heterocycles. The molecule has 0 saturated carbocycles. The molecule has 4 aromatic rings. The second-order valence-electron chi connectivity index (χ2n) is 8.43. The molecule has 0 fully saturated rings. The molecule has 0 N–H and O–H groups in total. The van der Waals surface area contributed by atoms with Gasteiger partial charge in [-0.05, 0) is 42.5 Å². The van der Waals surface area contributed by atoms with Crippen LogP contribution in [0.4, 0.5) is 18.9 Å². The van der Waals surface area contributed by atoms with Crippen molar-refractivity contribution in [1.82, 2.24) is 9.97 Å². The van der Waals surface area contributed by atoms with Gasteiger partial charge in [-0.1, -0.05) is 29.8 Å². The van der Waals surface area contributed by atoms with E-state index in [9.17, 15) is 18.0 Å². The maximum absolute atomic E-state index is 13.5. The minimum Gasteiger partial charge on any atom is -0.488 e. The van der Waals surface area contributed by atoms with Crippen molar-refractivity contribution in [3.63, 3.8) is 0 Å². The number of anilines is 1.